The molecule has 2 fully saturated rings. The molecule has 0 heterocycles. The van der Waals surface area contributed by atoms with Crippen LogP contribution in [0.25, 0.3) is 0 Å². The molecule has 0 saturated heterocycles. The van der Waals surface area contributed by atoms with Gasteiger partial charge in [-0.05, 0) is 73.3 Å². The molecule has 2 aliphatic carbocycles. The fourth-order valence-corrected chi connectivity index (χ4v) is 4.22. The van der Waals surface area contributed by atoms with Crippen LogP contribution in [0.4, 0.5) is 4.39 Å². The summed E-state index contributed by atoms with van der Waals surface area (Å²) in [5.74, 6) is 2.19. The number of hydrogen-bond donors (Lipinski definition) is 1. The smallest absolute Gasteiger partial charge is 0.123 e. The second-order valence-electron chi connectivity index (χ2n) is 6.17. The van der Waals surface area contributed by atoms with Crippen molar-refractivity contribution in [2.75, 3.05) is 0 Å². The van der Waals surface area contributed by atoms with E-state index in [1.165, 1.54) is 31.2 Å². The zero-order valence-electron chi connectivity index (χ0n) is 11.2. The van der Waals surface area contributed by atoms with Crippen molar-refractivity contribution in [2.45, 2.75) is 45.6 Å². The van der Waals surface area contributed by atoms with E-state index in [4.69, 9.17) is 5.73 Å². The van der Waals surface area contributed by atoms with Crippen LogP contribution in [0.2, 0.25) is 0 Å². The molecule has 18 heavy (non-hydrogen) atoms. The third-order valence-electron chi connectivity index (χ3n) is 5.03. The van der Waals surface area contributed by atoms with Gasteiger partial charge in [-0.2, -0.15) is 0 Å². The lowest BCUT2D eigenvalue weighted by molar-refractivity contribution is 0.480. The highest BCUT2D eigenvalue weighted by molar-refractivity contribution is 5.38. The van der Waals surface area contributed by atoms with E-state index in [1.807, 2.05) is 13.8 Å². The van der Waals surface area contributed by atoms with Crippen molar-refractivity contribution in [1.82, 2.24) is 0 Å². The molecule has 2 saturated carbocycles. The zero-order chi connectivity index (χ0) is 12.9. The molecule has 0 bridgehead atoms. The van der Waals surface area contributed by atoms with Gasteiger partial charge in [0.05, 0.1) is 0 Å². The molecular weight excluding hydrogens is 225 g/mol. The summed E-state index contributed by atoms with van der Waals surface area (Å²) in [7, 11) is 0. The minimum Gasteiger partial charge on any atom is -0.324 e. The Bertz CT molecular complexity index is 433. The summed E-state index contributed by atoms with van der Waals surface area (Å²) in [6.07, 6.45) is 5.43. The second kappa shape index (κ2) is 4.34. The Morgan fingerprint density at radius 3 is 2.11 bits per heavy atom. The summed E-state index contributed by atoms with van der Waals surface area (Å²) >= 11 is 0. The van der Waals surface area contributed by atoms with E-state index in [0.717, 1.165) is 23.0 Å². The first-order chi connectivity index (χ1) is 8.59. The van der Waals surface area contributed by atoms with Gasteiger partial charge in [0.25, 0.3) is 0 Å². The number of benzene rings is 1. The molecule has 3 rings (SSSR count). The molecule has 0 spiro atoms. The molecule has 0 aliphatic heterocycles. The highest BCUT2D eigenvalue weighted by Crippen LogP contribution is 2.60. The minimum atomic E-state index is -0.144. The average Bonchev–Trinajstić information content (AvgIpc) is 3.01. The lowest BCUT2D eigenvalue weighted by atomic mass is 9.92. The van der Waals surface area contributed by atoms with Gasteiger partial charge < -0.3 is 5.73 Å². The molecule has 3 unspecified atom stereocenters. The van der Waals surface area contributed by atoms with Crippen LogP contribution in [0, 0.1) is 37.4 Å². The van der Waals surface area contributed by atoms with Gasteiger partial charge in [-0.3, -0.25) is 0 Å². The first-order valence-corrected chi connectivity index (χ1v) is 7.12. The minimum absolute atomic E-state index is 0.110. The largest absolute Gasteiger partial charge is 0.324 e. The molecule has 1 aromatic carbocycles. The van der Waals surface area contributed by atoms with E-state index < -0.39 is 0 Å². The first kappa shape index (κ1) is 12.2. The number of fused-ring (bicyclic) bond motifs is 1. The van der Waals surface area contributed by atoms with Gasteiger partial charge in [0.15, 0.2) is 0 Å². The highest BCUT2D eigenvalue weighted by Gasteiger charge is 2.53. The standard InChI is InChI=1S/C16H22FN/c1-9-7-11(17)8-10(2)14(9)16(18)15-12-5-3-4-6-13(12)15/h7-8,12-13,15-16H,3-6,18H2,1-2H3. The van der Waals surface area contributed by atoms with Crippen LogP contribution in [-0.4, -0.2) is 0 Å². The Balaban J connectivity index is 1.87. The summed E-state index contributed by atoms with van der Waals surface area (Å²) in [6.45, 7) is 3.97. The Labute approximate surface area is 109 Å². The van der Waals surface area contributed by atoms with E-state index in [9.17, 15) is 4.39 Å². The molecular formula is C16H22FN. The highest BCUT2D eigenvalue weighted by atomic mass is 19.1. The number of aryl methyl sites for hydroxylation is 2. The molecule has 1 nitrogen and oxygen atoms in total. The molecule has 98 valence electrons. The van der Waals surface area contributed by atoms with Gasteiger partial charge in [-0.15, -0.1) is 0 Å². The van der Waals surface area contributed by atoms with Crippen molar-refractivity contribution in [2.24, 2.45) is 23.5 Å². The molecule has 2 N–H and O–H groups in total. The molecule has 2 heteroatoms. The molecule has 3 atom stereocenters. The third kappa shape index (κ3) is 1.87. The van der Waals surface area contributed by atoms with Crippen molar-refractivity contribution in [3.8, 4) is 0 Å². The summed E-state index contributed by atoms with van der Waals surface area (Å²) in [5, 5.41) is 0. The van der Waals surface area contributed by atoms with Crippen molar-refractivity contribution >= 4 is 0 Å². The van der Waals surface area contributed by atoms with E-state index in [1.54, 1.807) is 12.1 Å². The van der Waals surface area contributed by atoms with Crippen LogP contribution < -0.4 is 5.73 Å². The average molecular weight is 247 g/mol. The van der Waals surface area contributed by atoms with Crippen LogP contribution in [0.3, 0.4) is 0 Å². The van der Waals surface area contributed by atoms with E-state index in [2.05, 4.69) is 0 Å². The molecule has 1 aromatic rings. The summed E-state index contributed by atoms with van der Waals surface area (Å²) in [4.78, 5) is 0. The van der Waals surface area contributed by atoms with Gasteiger partial charge in [0.1, 0.15) is 5.82 Å². The number of hydrogen-bond acceptors (Lipinski definition) is 1. The van der Waals surface area contributed by atoms with Crippen LogP contribution in [0.1, 0.15) is 48.4 Å². The monoisotopic (exact) mass is 247 g/mol. The molecule has 2 aliphatic rings. The van der Waals surface area contributed by atoms with Crippen LogP contribution >= 0.6 is 0 Å². The Morgan fingerprint density at radius 2 is 1.61 bits per heavy atom. The zero-order valence-corrected chi connectivity index (χ0v) is 11.2. The summed E-state index contributed by atoms with van der Waals surface area (Å²) in [5.41, 5.74) is 9.71. The van der Waals surface area contributed by atoms with Gasteiger partial charge in [-0.25, -0.2) is 4.39 Å². The van der Waals surface area contributed by atoms with Crippen molar-refractivity contribution in [1.29, 1.82) is 0 Å². The van der Waals surface area contributed by atoms with E-state index >= 15 is 0 Å². The quantitative estimate of drug-likeness (QED) is 0.843. The third-order valence-corrected chi connectivity index (χ3v) is 5.03. The first-order valence-electron chi connectivity index (χ1n) is 7.12. The van der Waals surface area contributed by atoms with E-state index in [0.29, 0.717) is 5.92 Å². The SMILES string of the molecule is Cc1cc(F)cc(C)c1C(N)C1C2CCCCC21. The maximum Gasteiger partial charge on any atom is 0.123 e. The van der Waals surface area contributed by atoms with Crippen molar-refractivity contribution in [3.63, 3.8) is 0 Å². The van der Waals surface area contributed by atoms with Crippen LogP contribution in [0.15, 0.2) is 12.1 Å². The van der Waals surface area contributed by atoms with Crippen LogP contribution in [-0.2, 0) is 0 Å². The Morgan fingerprint density at radius 1 is 1.11 bits per heavy atom. The summed E-state index contributed by atoms with van der Waals surface area (Å²) < 4.78 is 13.3. The van der Waals surface area contributed by atoms with E-state index in [-0.39, 0.29) is 11.9 Å². The fraction of sp³-hybridized carbons (Fsp3) is 0.625. The maximum absolute atomic E-state index is 13.3. The molecule has 0 radical (unpaired) electrons. The normalized spacial score (nSPS) is 31.9. The Kier molecular flexibility index (Phi) is 2.93. The number of rotatable bonds is 2. The lowest BCUT2D eigenvalue weighted by Gasteiger charge is -2.18. The van der Waals surface area contributed by atoms with Crippen LogP contribution in [0.5, 0.6) is 0 Å². The fourth-order valence-electron chi connectivity index (χ4n) is 4.22. The number of halogens is 1. The second-order valence-corrected chi connectivity index (χ2v) is 6.17. The number of nitrogens with two attached hydrogens (primary N) is 1. The van der Waals surface area contributed by atoms with Gasteiger partial charge in [0.2, 0.25) is 0 Å². The maximum atomic E-state index is 13.3. The van der Waals surface area contributed by atoms with Crippen molar-refractivity contribution < 1.29 is 4.39 Å². The topological polar surface area (TPSA) is 26.0 Å². The molecule has 0 amide bonds. The van der Waals surface area contributed by atoms with Gasteiger partial charge >= 0.3 is 0 Å². The van der Waals surface area contributed by atoms with Gasteiger partial charge in [0, 0.05) is 6.04 Å². The lowest BCUT2D eigenvalue weighted by Crippen LogP contribution is -2.17. The summed E-state index contributed by atoms with van der Waals surface area (Å²) in [6, 6.07) is 3.35. The van der Waals surface area contributed by atoms with Crippen molar-refractivity contribution in [3.05, 3.63) is 34.6 Å². The predicted molar refractivity (Wildman–Crippen MR) is 71.7 cm³/mol. The Hall–Kier alpha value is -0.890. The van der Waals surface area contributed by atoms with Gasteiger partial charge in [-0.1, -0.05) is 12.8 Å². The molecule has 0 aromatic heterocycles. The predicted octanol–water partition coefficient (Wildman–Crippen LogP) is 3.88.